The Morgan fingerprint density at radius 3 is 2.12 bits per heavy atom. The van der Waals surface area contributed by atoms with Gasteiger partial charge in [0.25, 0.3) is 5.91 Å². The minimum Gasteiger partial charge on any atom is -0.452 e. The Bertz CT molecular complexity index is 590. The van der Waals surface area contributed by atoms with Crippen LogP contribution < -0.4 is 0 Å². The van der Waals surface area contributed by atoms with Crippen molar-refractivity contribution in [1.29, 1.82) is 0 Å². The summed E-state index contributed by atoms with van der Waals surface area (Å²) >= 11 is 0. The zero-order chi connectivity index (χ0) is 18.8. The zero-order valence-electron chi connectivity index (χ0n) is 15.3. The van der Waals surface area contributed by atoms with Gasteiger partial charge in [-0.1, -0.05) is 0 Å². The van der Waals surface area contributed by atoms with Gasteiger partial charge >= 0.3 is 5.97 Å². The van der Waals surface area contributed by atoms with Crippen molar-refractivity contribution in [3.05, 3.63) is 0 Å². The molecule has 1 amide bonds. The van der Waals surface area contributed by atoms with Crippen molar-refractivity contribution < 1.29 is 27.5 Å². The fourth-order valence-electron chi connectivity index (χ4n) is 3.36. The van der Waals surface area contributed by atoms with Crippen LogP contribution >= 0.6 is 0 Å². The fraction of sp³-hybridized carbons (Fsp3) is 0.875. The topological polar surface area (TPSA) is 93.2 Å². The first-order chi connectivity index (χ1) is 11.6. The van der Waals surface area contributed by atoms with Crippen molar-refractivity contribution in [1.82, 2.24) is 9.21 Å². The van der Waals surface area contributed by atoms with Crippen LogP contribution in [0.4, 0.5) is 0 Å². The number of morpholine rings is 1. The van der Waals surface area contributed by atoms with E-state index in [1.165, 1.54) is 4.31 Å². The van der Waals surface area contributed by atoms with Crippen molar-refractivity contribution in [3.8, 4) is 0 Å². The van der Waals surface area contributed by atoms with E-state index in [9.17, 15) is 18.0 Å². The van der Waals surface area contributed by atoms with Crippen molar-refractivity contribution in [2.24, 2.45) is 5.92 Å². The quantitative estimate of drug-likeness (QED) is 0.652. The largest absolute Gasteiger partial charge is 0.452 e. The van der Waals surface area contributed by atoms with Gasteiger partial charge in [-0.2, -0.15) is 0 Å². The van der Waals surface area contributed by atoms with Gasteiger partial charge in [0.05, 0.1) is 24.4 Å². The van der Waals surface area contributed by atoms with Gasteiger partial charge in [-0.3, -0.25) is 9.59 Å². The number of piperidine rings is 1. The Morgan fingerprint density at radius 2 is 1.64 bits per heavy atom. The second kappa shape index (κ2) is 8.01. The van der Waals surface area contributed by atoms with Crippen molar-refractivity contribution in [2.75, 3.05) is 32.4 Å². The van der Waals surface area contributed by atoms with Crippen LogP contribution in [0, 0.1) is 5.92 Å². The molecule has 3 atom stereocenters. The minimum atomic E-state index is -3.23. The van der Waals surface area contributed by atoms with Crippen LogP contribution in [0.5, 0.6) is 0 Å². The normalized spacial score (nSPS) is 27.8. The number of hydrogen-bond acceptors (Lipinski definition) is 6. The number of sulfonamides is 1. The summed E-state index contributed by atoms with van der Waals surface area (Å²) in [6.07, 6.45) is 1.05. The molecule has 2 fully saturated rings. The van der Waals surface area contributed by atoms with E-state index >= 15 is 0 Å². The highest BCUT2D eigenvalue weighted by Crippen LogP contribution is 2.21. The summed E-state index contributed by atoms with van der Waals surface area (Å²) in [7, 11) is -3.23. The maximum absolute atomic E-state index is 12.5. The van der Waals surface area contributed by atoms with Gasteiger partial charge in [0.2, 0.25) is 10.0 Å². The molecule has 144 valence electrons. The van der Waals surface area contributed by atoms with E-state index in [0.717, 1.165) is 6.26 Å². The molecule has 0 aromatic heterocycles. The number of hydrogen-bond donors (Lipinski definition) is 0. The Kier molecular flexibility index (Phi) is 6.45. The molecular weight excluding hydrogens is 348 g/mol. The molecule has 2 saturated heterocycles. The molecule has 0 aromatic rings. The van der Waals surface area contributed by atoms with Crippen LogP contribution in [0.15, 0.2) is 0 Å². The minimum absolute atomic E-state index is 0.0454. The van der Waals surface area contributed by atoms with E-state index in [1.54, 1.807) is 11.8 Å². The SMILES string of the molecule is CC1CN(C(=O)C(C)OC(=O)C2CCN(S(C)(=O)=O)CC2)CC(C)O1. The van der Waals surface area contributed by atoms with Crippen molar-refractivity contribution in [3.63, 3.8) is 0 Å². The molecule has 9 heteroatoms. The van der Waals surface area contributed by atoms with Crippen LogP contribution in [0.25, 0.3) is 0 Å². The summed E-state index contributed by atoms with van der Waals surface area (Å²) < 4.78 is 35.3. The Hall–Kier alpha value is -1.19. The summed E-state index contributed by atoms with van der Waals surface area (Å²) in [4.78, 5) is 26.5. The number of esters is 1. The molecule has 0 saturated carbocycles. The van der Waals surface area contributed by atoms with Crippen LogP contribution in [-0.2, 0) is 29.1 Å². The number of ether oxygens (including phenoxy) is 2. The van der Waals surface area contributed by atoms with Crippen molar-refractivity contribution >= 4 is 21.9 Å². The summed E-state index contributed by atoms with van der Waals surface area (Å²) in [6.45, 7) is 6.97. The number of nitrogens with zero attached hydrogens (tertiary/aromatic N) is 2. The van der Waals surface area contributed by atoms with Gasteiger partial charge < -0.3 is 14.4 Å². The molecule has 0 aliphatic carbocycles. The average Bonchev–Trinajstić information content (AvgIpc) is 2.52. The Morgan fingerprint density at radius 1 is 1.12 bits per heavy atom. The van der Waals surface area contributed by atoms with Gasteiger partial charge in [0, 0.05) is 26.2 Å². The monoisotopic (exact) mass is 376 g/mol. The van der Waals surface area contributed by atoms with Gasteiger partial charge in [0.15, 0.2) is 6.10 Å². The highest BCUT2D eigenvalue weighted by molar-refractivity contribution is 7.88. The average molecular weight is 376 g/mol. The second-order valence-electron chi connectivity index (χ2n) is 7.02. The Balaban J connectivity index is 1.85. The predicted molar refractivity (Wildman–Crippen MR) is 91.3 cm³/mol. The maximum atomic E-state index is 12.5. The summed E-state index contributed by atoms with van der Waals surface area (Å²) in [5.41, 5.74) is 0. The number of rotatable bonds is 4. The molecule has 2 heterocycles. The molecule has 25 heavy (non-hydrogen) atoms. The third kappa shape index (κ3) is 5.39. The number of amides is 1. The zero-order valence-corrected chi connectivity index (χ0v) is 16.1. The first kappa shape index (κ1) is 20.1. The lowest BCUT2D eigenvalue weighted by atomic mass is 9.98. The van der Waals surface area contributed by atoms with Crippen molar-refractivity contribution in [2.45, 2.75) is 51.9 Å². The van der Waals surface area contributed by atoms with E-state index < -0.39 is 22.1 Å². The van der Waals surface area contributed by atoms with Crippen LogP contribution in [0.3, 0.4) is 0 Å². The lowest BCUT2D eigenvalue weighted by Gasteiger charge is -2.36. The summed E-state index contributed by atoms with van der Waals surface area (Å²) in [6, 6.07) is 0. The molecule has 0 aromatic carbocycles. The van der Waals surface area contributed by atoms with Crippen LogP contribution in [0.1, 0.15) is 33.6 Å². The molecule has 2 aliphatic rings. The molecule has 0 bridgehead atoms. The van der Waals surface area contributed by atoms with Gasteiger partial charge in [-0.15, -0.1) is 0 Å². The van der Waals surface area contributed by atoms with E-state index in [4.69, 9.17) is 9.47 Å². The molecular formula is C16H28N2O6S. The summed E-state index contributed by atoms with van der Waals surface area (Å²) in [5.74, 6) is -1.01. The van der Waals surface area contributed by atoms with E-state index in [2.05, 4.69) is 0 Å². The standard InChI is InChI=1S/C16H28N2O6S/c1-11-9-17(10-12(2)23-11)15(19)13(3)24-16(20)14-5-7-18(8-6-14)25(4,21)22/h11-14H,5-10H2,1-4H3. The molecule has 2 rings (SSSR count). The maximum Gasteiger partial charge on any atom is 0.309 e. The van der Waals surface area contributed by atoms with E-state index in [-0.39, 0.29) is 24.0 Å². The predicted octanol–water partition coefficient (Wildman–Crippen LogP) is 0.226. The second-order valence-corrected chi connectivity index (χ2v) is 9.00. The molecule has 0 radical (unpaired) electrons. The first-order valence-corrected chi connectivity index (χ1v) is 10.5. The fourth-order valence-corrected chi connectivity index (χ4v) is 4.23. The number of carbonyl (C=O) groups excluding carboxylic acids is 2. The smallest absolute Gasteiger partial charge is 0.309 e. The van der Waals surface area contributed by atoms with Gasteiger partial charge in [-0.05, 0) is 33.6 Å². The third-order valence-corrected chi connectivity index (χ3v) is 5.93. The van der Waals surface area contributed by atoms with Gasteiger partial charge in [-0.25, -0.2) is 12.7 Å². The highest BCUT2D eigenvalue weighted by Gasteiger charge is 2.34. The van der Waals surface area contributed by atoms with Crippen LogP contribution in [0.2, 0.25) is 0 Å². The van der Waals surface area contributed by atoms with Crippen LogP contribution in [-0.4, -0.2) is 80.2 Å². The molecule has 2 aliphatic heterocycles. The molecule has 3 unspecified atom stereocenters. The van der Waals surface area contributed by atoms with E-state index in [0.29, 0.717) is 39.0 Å². The van der Waals surface area contributed by atoms with Gasteiger partial charge in [0.1, 0.15) is 0 Å². The lowest BCUT2D eigenvalue weighted by molar-refractivity contribution is -0.167. The lowest BCUT2D eigenvalue weighted by Crippen LogP contribution is -2.51. The molecule has 0 spiro atoms. The molecule has 8 nitrogen and oxygen atoms in total. The summed E-state index contributed by atoms with van der Waals surface area (Å²) in [5, 5.41) is 0. The molecule has 0 N–H and O–H groups in total. The number of carbonyl (C=O) groups is 2. The first-order valence-electron chi connectivity index (χ1n) is 8.67. The third-order valence-electron chi connectivity index (χ3n) is 4.63. The van der Waals surface area contributed by atoms with E-state index in [1.807, 2.05) is 13.8 Å². The highest BCUT2D eigenvalue weighted by atomic mass is 32.2. The Labute approximate surface area is 149 Å².